The Morgan fingerprint density at radius 3 is 2.61 bits per heavy atom. The maximum atomic E-state index is 11.8. The molecule has 1 saturated carbocycles. The van der Waals surface area contributed by atoms with Crippen molar-refractivity contribution in [2.45, 2.75) is 51.6 Å². The van der Waals surface area contributed by atoms with Crippen molar-refractivity contribution >= 4 is 11.9 Å². The van der Waals surface area contributed by atoms with Gasteiger partial charge in [-0.05, 0) is 46.2 Å². The van der Waals surface area contributed by atoms with E-state index in [1.807, 2.05) is 11.8 Å². The number of hydrogen-bond acceptors (Lipinski definition) is 3. The topological polar surface area (TPSA) is 60.0 Å². The summed E-state index contributed by atoms with van der Waals surface area (Å²) in [7, 11) is 4.29. The van der Waals surface area contributed by atoms with Crippen LogP contribution in [0.15, 0.2) is 4.99 Å². The third-order valence-electron chi connectivity index (χ3n) is 4.79. The van der Waals surface area contributed by atoms with Crippen LogP contribution in [0.3, 0.4) is 0 Å². The van der Waals surface area contributed by atoms with Crippen LogP contribution in [0.5, 0.6) is 0 Å². The van der Waals surface area contributed by atoms with Crippen molar-refractivity contribution in [3.63, 3.8) is 0 Å². The van der Waals surface area contributed by atoms with Crippen LogP contribution in [0.25, 0.3) is 0 Å². The van der Waals surface area contributed by atoms with Gasteiger partial charge in [-0.3, -0.25) is 9.79 Å². The fourth-order valence-corrected chi connectivity index (χ4v) is 3.24. The highest BCUT2D eigenvalue weighted by Crippen LogP contribution is 2.34. The molecule has 0 aromatic rings. The minimum absolute atomic E-state index is 0.248. The first-order valence-electron chi connectivity index (χ1n) is 9.04. The number of likely N-dealkylation sites (N-methyl/N-ethyl adjacent to an activating group) is 1. The van der Waals surface area contributed by atoms with Gasteiger partial charge in [-0.25, -0.2) is 0 Å². The van der Waals surface area contributed by atoms with Crippen LogP contribution >= 0.6 is 0 Å². The number of nitrogens with zero attached hydrogens (tertiary/aromatic N) is 3. The molecule has 2 N–H and O–H groups in total. The van der Waals surface area contributed by atoms with Gasteiger partial charge >= 0.3 is 0 Å². The monoisotopic (exact) mass is 323 g/mol. The summed E-state index contributed by atoms with van der Waals surface area (Å²) in [4.78, 5) is 20.8. The predicted molar refractivity (Wildman–Crippen MR) is 94.6 cm³/mol. The molecule has 2 atom stereocenters. The largest absolute Gasteiger partial charge is 0.357 e. The maximum absolute atomic E-state index is 11.8. The van der Waals surface area contributed by atoms with Crippen molar-refractivity contribution in [2.75, 3.05) is 40.3 Å². The van der Waals surface area contributed by atoms with Crippen LogP contribution in [0.2, 0.25) is 0 Å². The molecular weight excluding hydrogens is 290 g/mol. The normalized spacial score (nSPS) is 23.3. The highest BCUT2D eigenvalue weighted by molar-refractivity contribution is 5.80. The fourth-order valence-electron chi connectivity index (χ4n) is 3.24. The van der Waals surface area contributed by atoms with Gasteiger partial charge in [0.05, 0.1) is 6.54 Å². The zero-order valence-corrected chi connectivity index (χ0v) is 15.1. The van der Waals surface area contributed by atoms with E-state index in [1.54, 1.807) is 0 Å². The molecule has 0 spiro atoms. The van der Waals surface area contributed by atoms with E-state index in [0.29, 0.717) is 18.5 Å². The quantitative estimate of drug-likeness (QED) is 0.540. The Kier molecular flexibility index (Phi) is 6.69. The van der Waals surface area contributed by atoms with Crippen LogP contribution in [0.1, 0.15) is 39.5 Å². The highest BCUT2D eigenvalue weighted by Gasteiger charge is 2.32. The van der Waals surface area contributed by atoms with Crippen LogP contribution in [0.4, 0.5) is 0 Å². The number of nitrogens with one attached hydrogen (secondary N) is 2. The first-order chi connectivity index (χ1) is 11.0. The lowest BCUT2D eigenvalue weighted by atomic mass is 10.2. The van der Waals surface area contributed by atoms with Gasteiger partial charge in [0.15, 0.2) is 5.96 Å². The first kappa shape index (κ1) is 18.0. The van der Waals surface area contributed by atoms with E-state index in [0.717, 1.165) is 44.5 Å². The molecule has 1 saturated heterocycles. The minimum Gasteiger partial charge on any atom is -0.357 e. The van der Waals surface area contributed by atoms with E-state index in [-0.39, 0.29) is 5.91 Å². The molecule has 132 valence electrons. The van der Waals surface area contributed by atoms with Crippen LogP contribution in [0, 0.1) is 5.92 Å². The zero-order chi connectivity index (χ0) is 16.8. The molecule has 6 nitrogen and oxygen atoms in total. The molecule has 0 aromatic carbocycles. The summed E-state index contributed by atoms with van der Waals surface area (Å²) >= 11 is 0. The van der Waals surface area contributed by atoms with Gasteiger partial charge in [0, 0.05) is 38.1 Å². The average Bonchev–Trinajstić information content (AvgIpc) is 3.24. The molecule has 0 aromatic heterocycles. The smallest absolute Gasteiger partial charge is 0.222 e. The lowest BCUT2D eigenvalue weighted by Crippen LogP contribution is -2.45. The Morgan fingerprint density at radius 2 is 2.04 bits per heavy atom. The Hall–Kier alpha value is -1.30. The molecule has 1 aliphatic carbocycles. The molecule has 2 fully saturated rings. The number of rotatable bonds is 7. The molecule has 23 heavy (non-hydrogen) atoms. The lowest BCUT2D eigenvalue weighted by molar-refractivity contribution is -0.129. The molecule has 1 amide bonds. The second-order valence-corrected chi connectivity index (χ2v) is 6.91. The van der Waals surface area contributed by atoms with Gasteiger partial charge in [0.25, 0.3) is 0 Å². The van der Waals surface area contributed by atoms with Crippen LogP contribution in [-0.4, -0.2) is 74.0 Å². The molecule has 1 aliphatic heterocycles. The Labute approximate surface area is 140 Å². The SMILES string of the molecule is CCNC(=NCC(C1CC1)N(C)C)NC1CCN(C(=O)CC)C1. The Morgan fingerprint density at radius 1 is 1.30 bits per heavy atom. The summed E-state index contributed by atoms with van der Waals surface area (Å²) in [6.45, 7) is 7.34. The van der Waals surface area contributed by atoms with E-state index in [2.05, 4.69) is 36.6 Å². The van der Waals surface area contributed by atoms with Gasteiger partial charge in [-0.2, -0.15) is 0 Å². The standard InChI is InChI=1S/C17H33N5O/c1-5-16(23)22-10-9-14(12-22)20-17(18-6-2)19-11-15(21(3)4)13-7-8-13/h13-15H,5-12H2,1-4H3,(H2,18,19,20). The molecule has 1 heterocycles. The van der Waals surface area contributed by atoms with E-state index in [1.165, 1.54) is 12.8 Å². The molecule has 2 unspecified atom stereocenters. The summed E-state index contributed by atoms with van der Waals surface area (Å²) in [6.07, 6.45) is 4.25. The number of amides is 1. The van der Waals surface area contributed by atoms with Gasteiger partial charge in [-0.1, -0.05) is 6.92 Å². The summed E-state index contributed by atoms with van der Waals surface area (Å²) in [5.41, 5.74) is 0. The van der Waals surface area contributed by atoms with Gasteiger partial charge in [-0.15, -0.1) is 0 Å². The lowest BCUT2D eigenvalue weighted by Gasteiger charge is -2.23. The second kappa shape index (κ2) is 8.52. The predicted octanol–water partition coefficient (Wildman–Crippen LogP) is 0.893. The molecule has 2 rings (SSSR count). The third kappa shape index (κ3) is 5.37. The number of carbonyl (C=O) groups excluding carboxylic acids is 1. The molecule has 0 radical (unpaired) electrons. The van der Waals surface area contributed by atoms with Gasteiger partial charge in [0.1, 0.15) is 0 Å². The van der Waals surface area contributed by atoms with Crippen molar-refractivity contribution in [1.29, 1.82) is 0 Å². The van der Waals surface area contributed by atoms with Crippen molar-refractivity contribution in [2.24, 2.45) is 10.9 Å². The minimum atomic E-state index is 0.248. The zero-order valence-electron chi connectivity index (χ0n) is 15.1. The number of guanidine groups is 1. The van der Waals surface area contributed by atoms with E-state index < -0.39 is 0 Å². The van der Waals surface area contributed by atoms with Crippen molar-refractivity contribution < 1.29 is 4.79 Å². The van der Waals surface area contributed by atoms with Crippen molar-refractivity contribution in [3.8, 4) is 0 Å². The first-order valence-corrected chi connectivity index (χ1v) is 9.04. The second-order valence-electron chi connectivity index (χ2n) is 6.91. The van der Waals surface area contributed by atoms with Gasteiger partial charge in [0.2, 0.25) is 5.91 Å². The summed E-state index contributed by atoms with van der Waals surface area (Å²) in [5, 5.41) is 6.84. The van der Waals surface area contributed by atoms with E-state index >= 15 is 0 Å². The number of carbonyl (C=O) groups is 1. The molecule has 6 heteroatoms. The van der Waals surface area contributed by atoms with Gasteiger partial charge < -0.3 is 20.4 Å². The van der Waals surface area contributed by atoms with E-state index in [4.69, 9.17) is 4.99 Å². The summed E-state index contributed by atoms with van der Waals surface area (Å²) in [6, 6.07) is 0.842. The summed E-state index contributed by atoms with van der Waals surface area (Å²) in [5.74, 6) is 1.94. The van der Waals surface area contributed by atoms with Crippen molar-refractivity contribution in [3.05, 3.63) is 0 Å². The average molecular weight is 323 g/mol. The molecular formula is C17H33N5O. The molecule has 2 aliphatic rings. The van der Waals surface area contributed by atoms with Crippen LogP contribution in [-0.2, 0) is 4.79 Å². The molecule has 0 bridgehead atoms. The fraction of sp³-hybridized carbons (Fsp3) is 0.882. The highest BCUT2D eigenvalue weighted by atomic mass is 16.2. The third-order valence-corrected chi connectivity index (χ3v) is 4.79. The number of likely N-dealkylation sites (tertiary alicyclic amines) is 1. The number of hydrogen-bond donors (Lipinski definition) is 2. The summed E-state index contributed by atoms with van der Waals surface area (Å²) < 4.78 is 0. The Bertz CT molecular complexity index is 417. The number of aliphatic imine (C=N–C) groups is 1. The van der Waals surface area contributed by atoms with E-state index in [9.17, 15) is 4.79 Å². The van der Waals surface area contributed by atoms with Crippen molar-refractivity contribution in [1.82, 2.24) is 20.4 Å². The Balaban J connectivity index is 1.88. The maximum Gasteiger partial charge on any atom is 0.222 e. The van der Waals surface area contributed by atoms with Crippen LogP contribution < -0.4 is 10.6 Å².